The molecule has 1 rings (SSSR count). The minimum Gasteiger partial charge on any atom is -0.393 e. The van der Waals surface area contributed by atoms with Gasteiger partial charge in [0.25, 0.3) is 0 Å². The molecule has 1 saturated carbocycles. The summed E-state index contributed by atoms with van der Waals surface area (Å²) >= 11 is 0. The summed E-state index contributed by atoms with van der Waals surface area (Å²) in [5.41, 5.74) is -0.104. The second-order valence-electron chi connectivity index (χ2n) is 4.60. The summed E-state index contributed by atoms with van der Waals surface area (Å²) in [6.45, 7) is 6.12. The fraction of sp³-hybridized carbons (Fsp3) is 0.900. The van der Waals surface area contributed by atoms with Crippen LogP contribution in [0, 0.1) is 10.8 Å². The fourth-order valence-electron chi connectivity index (χ4n) is 1.91. The Morgan fingerprint density at radius 3 is 2.33 bits per heavy atom. The van der Waals surface area contributed by atoms with Gasteiger partial charge >= 0.3 is 0 Å². The van der Waals surface area contributed by atoms with Gasteiger partial charge in [0, 0.05) is 5.41 Å². The van der Waals surface area contributed by atoms with Gasteiger partial charge in [-0.15, -0.1) is 0 Å². The zero-order valence-corrected chi connectivity index (χ0v) is 8.13. The Morgan fingerprint density at radius 1 is 1.58 bits per heavy atom. The molecule has 0 amide bonds. The van der Waals surface area contributed by atoms with Crippen molar-refractivity contribution in [1.82, 2.24) is 0 Å². The van der Waals surface area contributed by atoms with E-state index in [1.807, 2.05) is 6.92 Å². The molecule has 2 atom stereocenters. The number of aliphatic hydroxyl groups excluding tert-OH is 1. The smallest absolute Gasteiger partial charge is 0.126 e. The van der Waals surface area contributed by atoms with Crippen LogP contribution in [0.2, 0.25) is 0 Å². The lowest BCUT2D eigenvalue weighted by atomic mass is 9.90. The summed E-state index contributed by atoms with van der Waals surface area (Å²) in [6, 6.07) is 0. The largest absolute Gasteiger partial charge is 0.393 e. The first-order valence-corrected chi connectivity index (χ1v) is 4.62. The Morgan fingerprint density at radius 2 is 2.08 bits per heavy atom. The zero-order valence-electron chi connectivity index (χ0n) is 8.13. The standard InChI is InChI=1S/C10H18O2/c1-4-8(12)5-10(7-11)6-9(10,2)3/h7-8,12H,4-6H2,1-3H3. The first kappa shape index (κ1) is 9.72. The average molecular weight is 170 g/mol. The first-order valence-electron chi connectivity index (χ1n) is 4.62. The van der Waals surface area contributed by atoms with Gasteiger partial charge in [-0.25, -0.2) is 0 Å². The van der Waals surface area contributed by atoms with E-state index in [0.29, 0.717) is 6.42 Å². The van der Waals surface area contributed by atoms with Gasteiger partial charge in [0.2, 0.25) is 0 Å². The van der Waals surface area contributed by atoms with Gasteiger partial charge in [-0.05, 0) is 24.7 Å². The van der Waals surface area contributed by atoms with Gasteiger partial charge in [0.05, 0.1) is 6.10 Å². The highest BCUT2D eigenvalue weighted by atomic mass is 16.3. The minimum atomic E-state index is -0.308. The lowest BCUT2D eigenvalue weighted by Crippen LogP contribution is -2.19. The van der Waals surface area contributed by atoms with Gasteiger partial charge in [-0.2, -0.15) is 0 Å². The molecule has 0 saturated heterocycles. The molecule has 12 heavy (non-hydrogen) atoms. The molecule has 0 aliphatic heterocycles. The topological polar surface area (TPSA) is 37.3 Å². The van der Waals surface area contributed by atoms with Crippen LogP contribution in [0.3, 0.4) is 0 Å². The second-order valence-corrected chi connectivity index (χ2v) is 4.60. The SMILES string of the molecule is CCC(O)CC1(C=O)CC1(C)C. The Bertz CT molecular complexity index is 186. The molecule has 0 radical (unpaired) electrons. The number of aldehydes is 1. The van der Waals surface area contributed by atoms with Crippen LogP contribution < -0.4 is 0 Å². The molecule has 0 aromatic rings. The zero-order chi connectivity index (χ0) is 9.41. The lowest BCUT2D eigenvalue weighted by Gasteiger charge is -2.16. The summed E-state index contributed by atoms with van der Waals surface area (Å²) in [5.74, 6) is 0. The summed E-state index contributed by atoms with van der Waals surface area (Å²) in [6.07, 6.45) is 3.04. The summed E-state index contributed by atoms with van der Waals surface area (Å²) in [7, 11) is 0. The third-order valence-electron chi connectivity index (χ3n) is 3.28. The van der Waals surface area contributed by atoms with E-state index in [-0.39, 0.29) is 16.9 Å². The first-order chi connectivity index (χ1) is 5.47. The molecule has 1 aliphatic rings. The molecular formula is C10H18O2. The van der Waals surface area contributed by atoms with Gasteiger partial charge < -0.3 is 9.90 Å². The van der Waals surface area contributed by atoms with Gasteiger partial charge in [0.1, 0.15) is 6.29 Å². The molecule has 0 heterocycles. The molecule has 1 fully saturated rings. The number of carbonyl (C=O) groups is 1. The van der Waals surface area contributed by atoms with Gasteiger partial charge in [-0.3, -0.25) is 0 Å². The minimum absolute atomic E-state index is 0.116. The number of hydrogen-bond acceptors (Lipinski definition) is 2. The van der Waals surface area contributed by atoms with Crippen LogP contribution in [0.1, 0.15) is 40.0 Å². The van der Waals surface area contributed by atoms with Crippen molar-refractivity contribution in [1.29, 1.82) is 0 Å². The molecule has 1 N–H and O–H groups in total. The number of rotatable bonds is 4. The predicted molar refractivity (Wildman–Crippen MR) is 47.8 cm³/mol. The molecule has 0 spiro atoms. The van der Waals surface area contributed by atoms with Crippen molar-refractivity contribution >= 4 is 6.29 Å². The molecule has 70 valence electrons. The van der Waals surface area contributed by atoms with E-state index in [1.54, 1.807) is 0 Å². The normalized spacial score (nSPS) is 34.3. The highest BCUT2D eigenvalue weighted by molar-refractivity contribution is 5.66. The van der Waals surface area contributed by atoms with Crippen LogP contribution in [-0.4, -0.2) is 17.5 Å². The number of carbonyl (C=O) groups excluding carboxylic acids is 1. The molecule has 2 unspecified atom stereocenters. The van der Waals surface area contributed by atoms with Crippen LogP contribution in [0.15, 0.2) is 0 Å². The summed E-state index contributed by atoms with van der Waals surface area (Å²) < 4.78 is 0. The Balaban J connectivity index is 2.56. The molecule has 0 aromatic carbocycles. The van der Waals surface area contributed by atoms with E-state index in [9.17, 15) is 9.90 Å². The van der Waals surface area contributed by atoms with Crippen LogP contribution >= 0.6 is 0 Å². The van der Waals surface area contributed by atoms with Gasteiger partial charge in [0.15, 0.2) is 0 Å². The number of hydrogen-bond donors (Lipinski definition) is 1. The Labute approximate surface area is 74.0 Å². The molecule has 2 nitrogen and oxygen atoms in total. The van der Waals surface area contributed by atoms with Crippen LogP contribution in [-0.2, 0) is 4.79 Å². The number of aliphatic hydroxyl groups is 1. The van der Waals surface area contributed by atoms with Crippen LogP contribution in [0.4, 0.5) is 0 Å². The van der Waals surface area contributed by atoms with Crippen molar-refractivity contribution < 1.29 is 9.90 Å². The van der Waals surface area contributed by atoms with E-state index in [0.717, 1.165) is 19.1 Å². The fourth-order valence-corrected chi connectivity index (χ4v) is 1.91. The van der Waals surface area contributed by atoms with Crippen LogP contribution in [0.5, 0.6) is 0 Å². The van der Waals surface area contributed by atoms with E-state index < -0.39 is 0 Å². The van der Waals surface area contributed by atoms with Gasteiger partial charge in [-0.1, -0.05) is 20.8 Å². The predicted octanol–water partition coefficient (Wildman–Crippen LogP) is 1.76. The quantitative estimate of drug-likeness (QED) is 0.653. The highest BCUT2D eigenvalue weighted by Gasteiger charge is 2.61. The van der Waals surface area contributed by atoms with Crippen molar-refractivity contribution in [2.75, 3.05) is 0 Å². The maximum Gasteiger partial charge on any atom is 0.126 e. The van der Waals surface area contributed by atoms with E-state index in [4.69, 9.17) is 0 Å². The molecule has 0 bridgehead atoms. The van der Waals surface area contributed by atoms with E-state index >= 15 is 0 Å². The third kappa shape index (κ3) is 1.40. The van der Waals surface area contributed by atoms with Crippen molar-refractivity contribution in [2.45, 2.75) is 46.1 Å². The monoisotopic (exact) mass is 170 g/mol. The maximum absolute atomic E-state index is 10.8. The van der Waals surface area contributed by atoms with Crippen molar-refractivity contribution in [3.8, 4) is 0 Å². The lowest BCUT2D eigenvalue weighted by molar-refractivity contribution is -0.114. The molecular weight excluding hydrogens is 152 g/mol. The van der Waals surface area contributed by atoms with Crippen molar-refractivity contribution in [2.24, 2.45) is 10.8 Å². The molecule has 2 heteroatoms. The third-order valence-corrected chi connectivity index (χ3v) is 3.28. The second kappa shape index (κ2) is 2.84. The molecule has 1 aliphatic carbocycles. The summed E-state index contributed by atoms with van der Waals surface area (Å²) in [4.78, 5) is 10.8. The Hall–Kier alpha value is -0.370. The van der Waals surface area contributed by atoms with Crippen molar-refractivity contribution in [3.05, 3.63) is 0 Å². The maximum atomic E-state index is 10.8. The van der Waals surface area contributed by atoms with E-state index in [1.165, 1.54) is 0 Å². The Kier molecular flexibility index (Phi) is 2.30. The highest BCUT2D eigenvalue weighted by Crippen LogP contribution is 2.64. The van der Waals surface area contributed by atoms with Crippen molar-refractivity contribution in [3.63, 3.8) is 0 Å². The molecule has 0 aromatic heterocycles. The van der Waals surface area contributed by atoms with E-state index in [2.05, 4.69) is 13.8 Å². The average Bonchev–Trinajstić information content (AvgIpc) is 2.54. The summed E-state index contributed by atoms with van der Waals surface area (Å²) in [5, 5.41) is 9.44. The van der Waals surface area contributed by atoms with Crippen LogP contribution in [0.25, 0.3) is 0 Å².